The fourth-order valence-corrected chi connectivity index (χ4v) is 7.89. The number of hydrogen-bond donors (Lipinski definition) is 8. The minimum atomic E-state index is -0.951. The second-order valence-corrected chi connectivity index (χ2v) is 16.7. The summed E-state index contributed by atoms with van der Waals surface area (Å²) < 4.78 is 13.7. The molecule has 2 aliphatic heterocycles. The Bertz CT molecular complexity index is 2300. The highest BCUT2D eigenvalue weighted by Crippen LogP contribution is 2.37. The van der Waals surface area contributed by atoms with Crippen LogP contribution in [-0.2, 0) is 4.79 Å². The molecule has 4 aliphatic rings. The summed E-state index contributed by atoms with van der Waals surface area (Å²) in [6.45, 7) is 15.1. The van der Waals surface area contributed by atoms with Crippen molar-refractivity contribution in [2.24, 2.45) is 35.0 Å². The number of nitriles is 1. The summed E-state index contributed by atoms with van der Waals surface area (Å²) in [6, 6.07) is 13.4. The summed E-state index contributed by atoms with van der Waals surface area (Å²) >= 11 is 3.42. The number of anilines is 2. The average molecular weight is 893 g/mol. The molecule has 0 saturated heterocycles. The molecule has 2 unspecified atom stereocenters. The van der Waals surface area contributed by atoms with Crippen molar-refractivity contribution in [1.29, 1.82) is 10.7 Å². The Labute approximate surface area is 365 Å². The van der Waals surface area contributed by atoms with Crippen LogP contribution in [0.5, 0.6) is 11.5 Å². The molecule has 61 heavy (non-hydrogen) atoms. The van der Waals surface area contributed by atoms with Crippen LogP contribution in [-0.4, -0.2) is 63.8 Å². The van der Waals surface area contributed by atoms with E-state index in [0.717, 1.165) is 70.8 Å². The number of carbonyl (C=O) groups excluding carboxylic acids is 2. The van der Waals surface area contributed by atoms with Crippen LogP contribution in [0, 0.1) is 41.1 Å². The molecule has 2 saturated carbocycles. The Morgan fingerprint density at radius 2 is 1.61 bits per heavy atom. The van der Waals surface area contributed by atoms with E-state index in [-0.39, 0.29) is 52.9 Å². The maximum atomic E-state index is 12.0. The van der Waals surface area contributed by atoms with E-state index in [1.807, 2.05) is 64.1 Å². The zero-order valence-corrected chi connectivity index (χ0v) is 36.1. The fraction of sp³-hybridized carbons (Fsp3) is 0.381. The van der Waals surface area contributed by atoms with Crippen LogP contribution < -0.4 is 37.1 Å². The molecule has 0 bridgehead atoms. The van der Waals surface area contributed by atoms with Gasteiger partial charge in [0, 0.05) is 40.1 Å². The highest BCUT2D eigenvalue weighted by atomic mass is 79.9. The molecular weight excluding hydrogens is 842 g/mol. The number of allylic oxidation sites excluding steroid dienone is 2. The highest BCUT2D eigenvalue weighted by Gasteiger charge is 2.33. The Morgan fingerprint density at radius 3 is 2.16 bits per heavy atom. The first-order chi connectivity index (χ1) is 29.0. The summed E-state index contributed by atoms with van der Waals surface area (Å²) in [5.41, 5.74) is 20.3. The zero-order chi connectivity index (χ0) is 44.5. The van der Waals surface area contributed by atoms with E-state index in [1.54, 1.807) is 23.0 Å². The number of nitrogens with one attached hydrogen (secondary N) is 3. The van der Waals surface area contributed by atoms with Crippen molar-refractivity contribution >= 4 is 71.5 Å². The minimum absolute atomic E-state index is 0.0196. The van der Waals surface area contributed by atoms with Crippen molar-refractivity contribution in [3.63, 3.8) is 0 Å². The lowest BCUT2D eigenvalue weighted by Gasteiger charge is -2.23. The number of nitrogens with zero attached hydrogens (tertiary/aromatic N) is 4. The molecule has 19 heteroatoms. The highest BCUT2D eigenvalue weighted by molar-refractivity contribution is 9.10. The van der Waals surface area contributed by atoms with Crippen molar-refractivity contribution in [3.8, 4) is 17.6 Å². The molecule has 1 aromatic heterocycles. The van der Waals surface area contributed by atoms with Gasteiger partial charge in [0.25, 0.3) is 11.8 Å². The summed E-state index contributed by atoms with van der Waals surface area (Å²) in [5, 5.41) is 47.1. The Balaban J connectivity index is 0.000000192. The van der Waals surface area contributed by atoms with Gasteiger partial charge in [-0.1, -0.05) is 55.8 Å². The van der Waals surface area contributed by atoms with Gasteiger partial charge in [-0.3, -0.25) is 19.7 Å². The topological polar surface area (TPSA) is 265 Å². The second kappa shape index (κ2) is 20.5. The van der Waals surface area contributed by atoms with E-state index in [2.05, 4.69) is 42.6 Å². The van der Waals surface area contributed by atoms with Crippen LogP contribution in [0.25, 0.3) is 17.0 Å². The molecule has 318 valence electrons. The molecule has 4 atom stereocenters. The Morgan fingerprint density at radius 1 is 1.00 bits per heavy atom. The van der Waals surface area contributed by atoms with E-state index in [4.69, 9.17) is 38.5 Å². The predicted molar refractivity (Wildman–Crippen MR) is 240 cm³/mol. The Kier molecular flexibility index (Phi) is 15.5. The maximum Gasteiger partial charge on any atom is 0.556 e. The number of hydrogen-bond acceptors (Lipinski definition) is 11. The van der Waals surface area contributed by atoms with Crippen LogP contribution in [0.3, 0.4) is 0 Å². The standard InChI is InChI=1S/C21H24BN5O3.C11H12BBrO2.C10H15N5O/c1-12(2)17-9-14-8-15(6-7-19(14)30-22(17)29)25-21-16(20(24)28)11-27(26-21)18-5-3-4-13(18)10-23;1-7(2)10-6-8-5-9(13)3-4-11(8)15-12(10)14;1-14-7-3-2-4-8(7)15-5-6(9(11)12)10(13)16/h6-9,11-13,18,29H,3-5H2,1-2H3,(H2,24,28)(H,25,26);3-7,14H,1-2H3;5,7-8,15H,2-4H2,(H3,11,12)(H2,13,16)/b;;6-5+/t13-,18?;;7-,8?/m1.0/s1. The number of nitrogens with two attached hydrogens (primary N) is 3. The molecular formula is C42H51B2BrN10O6. The lowest BCUT2D eigenvalue weighted by Crippen LogP contribution is -2.33. The number of fused-ring (bicyclic) bond motifs is 2. The number of halogens is 1. The van der Waals surface area contributed by atoms with Gasteiger partial charge in [0.15, 0.2) is 5.82 Å². The lowest BCUT2D eigenvalue weighted by atomic mass is 9.70. The zero-order valence-electron chi connectivity index (χ0n) is 34.6. The van der Waals surface area contributed by atoms with E-state index < -0.39 is 26.1 Å². The van der Waals surface area contributed by atoms with Crippen molar-refractivity contribution in [1.82, 2.24) is 15.1 Å². The first-order valence-electron chi connectivity index (χ1n) is 20.1. The smallest absolute Gasteiger partial charge is 0.532 e. The normalized spacial score (nSPS) is 20.1. The monoisotopic (exact) mass is 892 g/mol. The number of rotatable bonds is 10. The van der Waals surface area contributed by atoms with Crippen LogP contribution in [0.15, 0.2) is 69.8 Å². The maximum absolute atomic E-state index is 12.0. The van der Waals surface area contributed by atoms with Crippen molar-refractivity contribution in [3.05, 3.63) is 97.9 Å². The van der Waals surface area contributed by atoms with Gasteiger partial charge in [0.1, 0.15) is 28.9 Å². The van der Waals surface area contributed by atoms with Crippen LogP contribution >= 0.6 is 15.9 Å². The SMILES string of the molecule is CC(C)C1=Cc2cc(Br)ccc2OB1O.CC(C)C1=Cc2cc(Nc3nn(C4CCC[C@@H]4C#N)cc3C(N)=O)ccc2OB1O.[C-]#[N+][C@H]1CCCC1N/C=C(\C(=N)N)C(N)=O. The Hall–Kier alpha value is -6.01. The molecule has 2 fully saturated rings. The third-order valence-electron chi connectivity index (χ3n) is 10.9. The lowest BCUT2D eigenvalue weighted by molar-refractivity contribution is -0.114. The average Bonchev–Trinajstić information content (AvgIpc) is 3.98. The number of aromatic nitrogens is 2. The molecule has 16 nitrogen and oxygen atoms in total. The summed E-state index contributed by atoms with van der Waals surface area (Å²) in [6.07, 6.45) is 12.3. The quantitative estimate of drug-likeness (QED) is 0.0405. The number of benzene rings is 2. The van der Waals surface area contributed by atoms with E-state index in [9.17, 15) is 24.9 Å². The van der Waals surface area contributed by atoms with Gasteiger partial charge in [-0.2, -0.15) is 10.4 Å². The molecule has 2 amide bonds. The van der Waals surface area contributed by atoms with Crippen molar-refractivity contribution < 1.29 is 28.9 Å². The van der Waals surface area contributed by atoms with Gasteiger partial charge in [-0.15, -0.1) is 0 Å². The van der Waals surface area contributed by atoms with Gasteiger partial charge in [0.2, 0.25) is 6.04 Å². The number of amidine groups is 1. The van der Waals surface area contributed by atoms with Gasteiger partial charge in [-0.25, -0.2) is 6.57 Å². The molecule has 0 spiro atoms. The summed E-state index contributed by atoms with van der Waals surface area (Å²) in [7, 11) is -1.76. The third-order valence-corrected chi connectivity index (χ3v) is 11.4. The molecule has 3 heterocycles. The first kappa shape index (κ1) is 46.1. The fourth-order valence-electron chi connectivity index (χ4n) is 7.51. The molecule has 7 rings (SSSR count). The molecule has 3 aromatic rings. The first-order valence-corrected chi connectivity index (χ1v) is 20.9. The van der Waals surface area contributed by atoms with Crippen LogP contribution in [0.1, 0.15) is 93.7 Å². The predicted octanol–water partition coefficient (Wildman–Crippen LogP) is 5.66. The van der Waals surface area contributed by atoms with Gasteiger partial charge < -0.3 is 52.0 Å². The second-order valence-electron chi connectivity index (χ2n) is 15.8. The van der Waals surface area contributed by atoms with E-state index in [1.165, 1.54) is 6.20 Å². The largest absolute Gasteiger partial charge is 0.556 e. The van der Waals surface area contributed by atoms with Crippen LogP contribution in [0.2, 0.25) is 0 Å². The third kappa shape index (κ3) is 11.4. The van der Waals surface area contributed by atoms with Gasteiger partial charge in [-0.05, 0) is 91.3 Å². The van der Waals surface area contributed by atoms with Crippen molar-refractivity contribution in [2.75, 3.05) is 5.32 Å². The van der Waals surface area contributed by atoms with Gasteiger partial charge >= 0.3 is 14.2 Å². The molecule has 2 aromatic carbocycles. The number of carbonyl (C=O) groups is 2. The van der Waals surface area contributed by atoms with Crippen molar-refractivity contribution in [2.45, 2.75) is 84.3 Å². The molecule has 0 radical (unpaired) electrons. The molecule has 11 N–H and O–H groups in total. The summed E-state index contributed by atoms with van der Waals surface area (Å²) in [4.78, 5) is 26.4. The number of primary amides is 2. The van der Waals surface area contributed by atoms with Gasteiger partial charge in [0.05, 0.1) is 23.6 Å². The van der Waals surface area contributed by atoms with E-state index in [0.29, 0.717) is 17.3 Å². The number of amides is 2. The van der Waals surface area contributed by atoms with E-state index >= 15 is 0 Å². The summed E-state index contributed by atoms with van der Waals surface area (Å²) in [5.74, 6) is 0.294. The minimum Gasteiger partial charge on any atom is -0.532 e. The molecule has 2 aliphatic carbocycles. The van der Waals surface area contributed by atoms with Crippen LogP contribution in [0.4, 0.5) is 11.5 Å².